The molecule has 0 heterocycles. The Balaban J connectivity index is 1.82. The van der Waals surface area contributed by atoms with Crippen LogP contribution in [0, 0.1) is 5.92 Å². The Kier molecular flexibility index (Phi) is 8.16. The first kappa shape index (κ1) is 23.2. The topological polar surface area (TPSA) is 71.1 Å². The maximum Gasteiger partial charge on any atom is 0.513 e. The highest BCUT2D eigenvalue weighted by Crippen LogP contribution is 2.33. The van der Waals surface area contributed by atoms with Gasteiger partial charge in [0.1, 0.15) is 11.5 Å². The van der Waals surface area contributed by atoms with E-state index in [0.29, 0.717) is 18.1 Å². The Morgan fingerprint density at radius 1 is 0.719 bits per heavy atom. The first-order chi connectivity index (χ1) is 15.5. The van der Waals surface area contributed by atoms with Crippen LogP contribution < -0.4 is 9.47 Å². The average molecular weight is 454 g/mol. The van der Waals surface area contributed by atoms with Crippen LogP contribution >= 0.6 is 0 Å². The molecule has 3 aromatic rings. The molecule has 1 unspecified atom stereocenters. The quantitative estimate of drug-likeness (QED) is 0.245. The number of rotatable bonds is 7. The largest absolute Gasteiger partial charge is 0.513 e. The van der Waals surface area contributed by atoms with E-state index in [1.165, 1.54) is 7.11 Å². The predicted molar refractivity (Wildman–Crippen MR) is 121 cm³/mol. The van der Waals surface area contributed by atoms with Gasteiger partial charge >= 0.3 is 12.3 Å². The van der Waals surface area contributed by atoms with Crippen molar-refractivity contribution in [2.75, 3.05) is 13.7 Å². The van der Waals surface area contributed by atoms with E-state index in [1.807, 2.05) is 56.3 Å². The van der Waals surface area contributed by atoms with Crippen LogP contribution in [0.15, 0.2) is 93.5 Å². The molecule has 0 bridgehead atoms. The Morgan fingerprint density at radius 3 is 1.66 bits per heavy atom. The number of methoxy groups -OCH3 is 1. The summed E-state index contributed by atoms with van der Waals surface area (Å²) in [5, 5.41) is 0. The van der Waals surface area contributed by atoms with Crippen molar-refractivity contribution in [2.45, 2.75) is 28.5 Å². The highest BCUT2D eigenvalue weighted by atomic mass is 32.2. The van der Waals surface area contributed by atoms with Gasteiger partial charge in [-0.3, -0.25) is 0 Å². The lowest BCUT2D eigenvalue weighted by Gasteiger charge is -2.10. The molecule has 0 spiro atoms. The van der Waals surface area contributed by atoms with Gasteiger partial charge < -0.3 is 18.9 Å². The molecule has 7 heteroatoms. The van der Waals surface area contributed by atoms with E-state index < -0.39 is 23.2 Å². The normalized spacial score (nSPS) is 11.5. The van der Waals surface area contributed by atoms with Crippen molar-refractivity contribution >= 4 is 23.2 Å². The summed E-state index contributed by atoms with van der Waals surface area (Å²) in [6.07, 6.45) is -1.47. The SMILES string of the molecule is COC(=O)Oc1ccc([S+](c2ccccc2)c2ccc(OC(=O)OCC(C)C)cc2)cc1. The fraction of sp³-hybridized carbons (Fsp3) is 0.200. The molecular formula is C25H25O6S+. The summed E-state index contributed by atoms with van der Waals surface area (Å²) < 4.78 is 19.9. The molecule has 32 heavy (non-hydrogen) atoms. The van der Waals surface area contributed by atoms with Gasteiger partial charge in [0.25, 0.3) is 0 Å². The van der Waals surface area contributed by atoms with Crippen LogP contribution in [0.2, 0.25) is 0 Å². The second-order valence-electron chi connectivity index (χ2n) is 7.18. The third-order valence-electron chi connectivity index (χ3n) is 4.20. The van der Waals surface area contributed by atoms with Crippen LogP contribution in [-0.4, -0.2) is 26.0 Å². The minimum Gasteiger partial charge on any atom is -0.437 e. The second-order valence-corrected chi connectivity index (χ2v) is 9.20. The van der Waals surface area contributed by atoms with E-state index >= 15 is 0 Å². The molecule has 0 radical (unpaired) electrons. The van der Waals surface area contributed by atoms with Crippen LogP contribution in [0.25, 0.3) is 0 Å². The van der Waals surface area contributed by atoms with Gasteiger partial charge in [0.15, 0.2) is 14.7 Å². The number of hydrogen-bond donors (Lipinski definition) is 0. The Hall–Kier alpha value is -3.45. The van der Waals surface area contributed by atoms with Crippen molar-refractivity contribution in [1.29, 1.82) is 0 Å². The third kappa shape index (κ3) is 6.52. The first-order valence-corrected chi connectivity index (χ1v) is 11.3. The second kappa shape index (κ2) is 11.2. The minimum absolute atomic E-state index is 0.238. The summed E-state index contributed by atoms with van der Waals surface area (Å²) in [5.74, 6) is 1.06. The lowest BCUT2D eigenvalue weighted by molar-refractivity contribution is 0.0885. The van der Waals surface area contributed by atoms with Gasteiger partial charge in [0.2, 0.25) is 0 Å². The standard InChI is InChI=1S/C25H25O6S/c1-18(2)17-29-25(27)31-20-11-15-23(16-12-20)32(21-7-5-4-6-8-21)22-13-9-19(10-14-22)30-24(26)28-3/h4-16,18H,17H2,1-3H3/q+1. The maximum absolute atomic E-state index is 11.8. The molecule has 0 aliphatic heterocycles. The fourth-order valence-corrected chi connectivity index (χ4v) is 4.81. The summed E-state index contributed by atoms with van der Waals surface area (Å²) in [6.45, 7) is 4.23. The van der Waals surface area contributed by atoms with E-state index in [-0.39, 0.29) is 5.92 Å². The van der Waals surface area contributed by atoms with Gasteiger partial charge in [-0.1, -0.05) is 32.0 Å². The predicted octanol–water partition coefficient (Wildman–Crippen LogP) is 6.10. The van der Waals surface area contributed by atoms with E-state index in [4.69, 9.17) is 14.2 Å². The van der Waals surface area contributed by atoms with Crippen molar-refractivity contribution in [3.8, 4) is 11.5 Å². The summed E-state index contributed by atoms with van der Waals surface area (Å²) in [4.78, 5) is 26.4. The third-order valence-corrected chi connectivity index (χ3v) is 6.43. The van der Waals surface area contributed by atoms with Crippen LogP contribution in [0.1, 0.15) is 13.8 Å². The van der Waals surface area contributed by atoms with Crippen molar-refractivity contribution in [1.82, 2.24) is 0 Å². The monoisotopic (exact) mass is 453 g/mol. The molecule has 1 atom stereocenters. The van der Waals surface area contributed by atoms with Gasteiger partial charge in [-0.25, -0.2) is 9.59 Å². The number of ether oxygens (including phenoxy) is 4. The van der Waals surface area contributed by atoms with Crippen molar-refractivity contribution in [3.05, 3.63) is 78.9 Å². The van der Waals surface area contributed by atoms with Crippen LogP contribution in [0.4, 0.5) is 9.59 Å². The molecule has 0 saturated carbocycles. The molecule has 0 aliphatic rings. The number of carbonyl (C=O) groups is 2. The highest BCUT2D eigenvalue weighted by molar-refractivity contribution is 7.97. The van der Waals surface area contributed by atoms with Gasteiger partial charge in [-0.2, -0.15) is 0 Å². The number of carbonyl (C=O) groups excluding carboxylic acids is 2. The smallest absolute Gasteiger partial charge is 0.437 e. The van der Waals surface area contributed by atoms with Crippen molar-refractivity contribution in [3.63, 3.8) is 0 Å². The van der Waals surface area contributed by atoms with E-state index in [9.17, 15) is 9.59 Å². The molecule has 3 rings (SSSR count). The van der Waals surface area contributed by atoms with Gasteiger partial charge in [-0.05, 0) is 66.6 Å². The minimum atomic E-state index is -0.762. The van der Waals surface area contributed by atoms with Crippen LogP contribution in [-0.2, 0) is 20.4 Å². The fourth-order valence-electron chi connectivity index (χ4n) is 2.75. The van der Waals surface area contributed by atoms with Gasteiger partial charge in [0, 0.05) is 0 Å². The van der Waals surface area contributed by atoms with E-state index in [1.54, 1.807) is 24.3 Å². The zero-order valence-corrected chi connectivity index (χ0v) is 19.0. The highest BCUT2D eigenvalue weighted by Gasteiger charge is 2.28. The van der Waals surface area contributed by atoms with Gasteiger partial charge in [-0.15, -0.1) is 0 Å². The average Bonchev–Trinajstić information content (AvgIpc) is 2.81. The van der Waals surface area contributed by atoms with Crippen LogP contribution in [0.5, 0.6) is 11.5 Å². The Labute approximate surface area is 190 Å². The Morgan fingerprint density at radius 2 is 1.19 bits per heavy atom. The molecule has 166 valence electrons. The van der Waals surface area contributed by atoms with Crippen molar-refractivity contribution < 1.29 is 28.5 Å². The maximum atomic E-state index is 11.8. The van der Waals surface area contributed by atoms with E-state index in [2.05, 4.69) is 16.9 Å². The molecular weight excluding hydrogens is 428 g/mol. The summed E-state index contributed by atoms with van der Waals surface area (Å²) in [5.41, 5.74) is 0. The molecule has 0 fully saturated rings. The number of hydrogen-bond acceptors (Lipinski definition) is 6. The van der Waals surface area contributed by atoms with Crippen molar-refractivity contribution in [2.24, 2.45) is 5.92 Å². The zero-order chi connectivity index (χ0) is 22.9. The summed E-state index contributed by atoms with van der Waals surface area (Å²) in [6, 6.07) is 24.8. The lowest BCUT2D eigenvalue weighted by atomic mass is 10.2. The molecule has 0 saturated heterocycles. The van der Waals surface area contributed by atoms with Crippen LogP contribution in [0.3, 0.4) is 0 Å². The first-order valence-electron chi connectivity index (χ1n) is 10.1. The molecule has 0 amide bonds. The Bertz CT molecular complexity index is 1020. The van der Waals surface area contributed by atoms with Gasteiger partial charge in [0.05, 0.1) is 24.6 Å². The molecule has 6 nitrogen and oxygen atoms in total. The summed E-state index contributed by atoms with van der Waals surface area (Å²) >= 11 is 0. The molecule has 0 aromatic heterocycles. The zero-order valence-electron chi connectivity index (χ0n) is 18.1. The summed E-state index contributed by atoms with van der Waals surface area (Å²) in [7, 11) is 0.853. The molecule has 0 aliphatic carbocycles. The molecule has 3 aromatic carbocycles. The molecule has 0 N–H and O–H groups in total. The number of benzene rings is 3. The lowest BCUT2D eigenvalue weighted by Crippen LogP contribution is -2.14. The van der Waals surface area contributed by atoms with E-state index in [0.717, 1.165) is 14.7 Å².